The summed E-state index contributed by atoms with van der Waals surface area (Å²) in [6.45, 7) is 3.28. The van der Waals surface area contributed by atoms with E-state index in [0.29, 0.717) is 35.7 Å². The van der Waals surface area contributed by atoms with Crippen molar-refractivity contribution in [2.24, 2.45) is 7.05 Å². The largest absolute Gasteiger partial charge is 0.348 e. The molecule has 1 aromatic carbocycles. The minimum atomic E-state index is -0.316. The van der Waals surface area contributed by atoms with Crippen molar-refractivity contribution >= 4 is 11.8 Å². The summed E-state index contributed by atoms with van der Waals surface area (Å²) in [4.78, 5) is 36.2. The first kappa shape index (κ1) is 21.6. The van der Waals surface area contributed by atoms with Crippen LogP contribution in [0.4, 0.5) is 4.39 Å². The van der Waals surface area contributed by atoms with E-state index in [1.54, 1.807) is 49.4 Å². The molecule has 1 N–H and O–H groups in total. The van der Waals surface area contributed by atoms with Gasteiger partial charge in [-0.1, -0.05) is 12.1 Å². The molecule has 2 aromatic heterocycles. The molecule has 8 nitrogen and oxygen atoms in total. The molecule has 0 bridgehead atoms. The molecule has 32 heavy (non-hydrogen) atoms. The van der Waals surface area contributed by atoms with E-state index in [2.05, 4.69) is 20.4 Å². The van der Waals surface area contributed by atoms with Crippen LogP contribution in [0.3, 0.4) is 0 Å². The molecule has 1 saturated heterocycles. The second-order valence-corrected chi connectivity index (χ2v) is 8.03. The number of carbonyl (C=O) groups is 2. The quantitative estimate of drug-likeness (QED) is 0.664. The van der Waals surface area contributed by atoms with E-state index in [9.17, 15) is 14.0 Å². The van der Waals surface area contributed by atoms with E-state index >= 15 is 0 Å². The Morgan fingerprint density at radius 2 is 2.00 bits per heavy atom. The first-order chi connectivity index (χ1) is 15.4. The minimum Gasteiger partial charge on any atom is -0.348 e. The van der Waals surface area contributed by atoms with Gasteiger partial charge in [0.2, 0.25) is 0 Å². The molecule has 0 spiro atoms. The van der Waals surface area contributed by atoms with Gasteiger partial charge in [0.1, 0.15) is 11.6 Å². The SMILES string of the molecule is Cc1nc([C@H]2CCCN(C(=O)c3cnn(C)c3)C2)ncc1C(=O)NCc1ccc(F)cc1. The van der Waals surface area contributed by atoms with Gasteiger partial charge in [0, 0.05) is 45.0 Å². The van der Waals surface area contributed by atoms with Crippen LogP contribution in [0.5, 0.6) is 0 Å². The molecular weight excluding hydrogens is 411 g/mol. The Morgan fingerprint density at radius 1 is 1.22 bits per heavy atom. The van der Waals surface area contributed by atoms with E-state index in [-0.39, 0.29) is 30.1 Å². The van der Waals surface area contributed by atoms with Crippen molar-refractivity contribution in [1.29, 1.82) is 0 Å². The van der Waals surface area contributed by atoms with Crippen LogP contribution in [-0.2, 0) is 13.6 Å². The molecule has 1 aliphatic rings. The van der Waals surface area contributed by atoms with Gasteiger partial charge in [-0.15, -0.1) is 0 Å². The summed E-state index contributed by atoms with van der Waals surface area (Å²) in [5, 5.41) is 6.89. The number of benzene rings is 1. The molecule has 9 heteroatoms. The summed E-state index contributed by atoms with van der Waals surface area (Å²) in [6, 6.07) is 5.97. The highest BCUT2D eigenvalue weighted by Gasteiger charge is 2.28. The summed E-state index contributed by atoms with van der Waals surface area (Å²) >= 11 is 0. The van der Waals surface area contributed by atoms with Crippen molar-refractivity contribution in [1.82, 2.24) is 30.0 Å². The lowest BCUT2D eigenvalue weighted by atomic mass is 9.96. The minimum absolute atomic E-state index is 0.0133. The van der Waals surface area contributed by atoms with Crippen molar-refractivity contribution in [3.63, 3.8) is 0 Å². The number of aryl methyl sites for hydroxylation is 2. The van der Waals surface area contributed by atoms with Gasteiger partial charge in [-0.05, 0) is 37.5 Å². The molecule has 1 fully saturated rings. The first-order valence-electron chi connectivity index (χ1n) is 10.5. The van der Waals surface area contributed by atoms with Crippen molar-refractivity contribution in [3.8, 4) is 0 Å². The van der Waals surface area contributed by atoms with Crippen molar-refractivity contribution in [3.05, 3.63) is 76.9 Å². The van der Waals surface area contributed by atoms with E-state index in [1.807, 2.05) is 4.90 Å². The van der Waals surface area contributed by atoms with E-state index in [4.69, 9.17) is 0 Å². The van der Waals surface area contributed by atoms with E-state index < -0.39 is 0 Å². The molecule has 0 unspecified atom stereocenters. The maximum absolute atomic E-state index is 13.0. The summed E-state index contributed by atoms with van der Waals surface area (Å²) in [6.07, 6.45) is 6.57. The molecular formula is C23H25FN6O2. The predicted molar refractivity (Wildman–Crippen MR) is 115 cm³/mol. The summed E-state index contributed by atoms with van der Waals surface area (Å²) in [5.41, 5.74) is 2.35. The fourth-order valence-corrected chi connectivity index (χ4v) is 3.87. The van der Waals surface area contributed by atoms with Gasteiger partial charge in [-0.25, -0.2) is 14.4 Å². The Morgan fingerprint density at radius 3 is 2.69 bits per heavy atom. The van der Waals surface area contributed by atoms with Crippen molar-refractivity contribution in [2.75, 3.05) is 13.1 Å². The number of nitrogens with one attached hydrogen (secondary N) is 1. The molecule has 3 heterocycles. The molecule has 166 valence electrons. The Hall–Kier alpha value is -3.62. The van der Waals surface area contributed by atoms with Gasteiger partial charge in [0.25, 0.3) is 11.8 Å². The number of rotatable bonds is 5. The summed E-state index contributed by atoms with van der Waals surface area (Å²) in [7, 11) is 1.78. The van der Waals surface area contributed by atoms with Crippen LogP contribution in [0.2, 0.25) is 0 Å². The van der Waals surface area contributed by atoms with E-state index in [0.717, 1.165) is 18.4 Å². The zero-order chi connectivity index (χ0) is 22.7. The number of carbonyl (C=O) groups excluding carboxylic acids is 2. The standard InChI is InChI=1S/C23H25FN6O2/c1-15-20(22(31)26-10-16-5-7-19(24)8-6-16)12-25-21(28-15)17-4-3-9-30(14-17)23(32)18-11-27-29(2)13-18/h5-8,11-13,17H,3-4,9-10,14H2,1-2H3,(H,26,31)/t17-/m0/s1. The average molecular weight is 436 g/mol. The Labute approximate surface area is 185 Å². The number of hydrogen-bond acceptors (Lipinski definition) is 5. The van der Waals surface area contributed by atoms with Crippen LogP contribution >= 0.6 is 0 Å². The van der Waals surface area contributed by atoms with Gasteiger partial charge in [0.15, 0.2) is 0 Å². The van der Waals surface area contributed by atoms with Gasteiger partial charge < -0.3 is 10.2 Å². The summed E-state index contributed by atoms with van der Waals surface area (Å²) < 4.78 is 14.6. The first-order valence-corrected chi connectivity index (χ1v) is 10.5. The Bertz CT molecular complexity index is 1130. The lowest BCUT2D eigenvalue weighted by molar-refractivity contribution is 0.0704. The predicted octanol–water partition coefficient (Wildman–Crippen LogP) is 2.61. The van der Waals surface area contributed by atoms with Crippen molar-refractivity contribution in [2.45, 2.75) is 32.2 Å². The van der Waals surface area contributed by atoms with E-state index in [1.165, 1.54) is 12.1 Å². The second kappa shape index (κ2) is 9.25. The zero-order valence-corrected chi connectivity index (χ0v) is 18.1. The Kier molecular flexibility index (Phi) is 6.25. The lowest BCUT2D eigenvalue weighted by Gasteiger charge is -2.32. The van der Waals surface area contributed by atoms with Gasteiger partial charge in [0.05, 0.1) is 23.0 Å². The molecule has 1 aliphatic heterocycles. The highest BCUT2D eigenvalue weighted by atomic mass is 19.1. The second-order valence-electron chi connectivity index (χ2n) is 8.03. The van der Waals surface area contributed by atoms with Crippen LogP contribution in [0, 0.1) is 12.7 Å². The zero-order valence-electron chi connectivity index (χ0n) is 18.1. The molecule has 0 saturated carbocycles. The monoisotopic (exact) mass is 436 g/mol. The molecule has 2 amide bonds. The molecule has 0 radical (unpaired) electrons. The number of hydrogen-bond donors (Lipinski definition) is 1. The highest BCUT2D eigenvalue weighted by molar-refractivity contribution is 5.95. The highest BCUT2D eigenvalue weighted by Crippen LogP contribution is 2.26. The van der Waals surface area contributed by atoms with Gasteiger partial charge >= 0.3 is 0 Å². The van der Waals surface area contributed by atoms with Crippen LogP contribution in [0.1, 0.15) is 56.6 Å². The average Bonchev–Trinajstić information content (AvgIpc) is 3.24. The smallest absolute Gasteiger partial charge is 0.257 e. The fourth-order valence-electron chi connectivity index (χ4n) is 3.87. The maximum Gasteiger partial charge on any atom is 0.257 e. The third-order valence-corrected chi connectivity index (χ3v) is 5.63. The third-order valence-electron chi connectivity index (χ3n) is 5.63. The molecule has 0 aliphatic carbocycles. The summed E-state index contributed by atoms with van der Waals surface area (Å²) in [5.74, 6) is 0.00991. The third kappa shape index (κ3) is 4.82. The molecule has 1 atom stereocenters. The number of nitrogens with zero attached hydrogens (tertiary/aromatic N) is 5. The fraction of sp³-hybridized carbons (Fsp3) is 0.348. The van der Waals surface area contributed by atoms with Crippen LogP contribution in [0.15, 0.2) is 42.9 Å². The number of amides is 2. The topological polar surface area (TPSA) is 93.0 Å². The number of piperidine rings is 1. The number of aromatic nitrogens is 4. The number of halogens is 1. The molecule has 3 aromatic rings. The van der Waals surface area contributed by atoms with Gasteiger partial charge in [-0.3, -0.25) is 14.3 Å². The number of likely N-dealkylation sites (tertiary alicyclic amines) is 1. The molecule has 4 rings (SSSR count). The van der Waals surface area contributed by atoms with Crippen molar-refractivity contribution < 1.29 is 14.0 Å². The van der Waals surface area contributed by atoms with Crippen LogP contribution < -0.4 is 5.32 Å². The van der Waals surface area contributed by atoms with Gasteiger partial charge in [-0.2, -0.15) is 5.10 Å². The van der Waals surface area contributed by atoms with Crippen LogP contribution in [-0.4, -0.2) is 49.6 Å². The van der Waals surface area contributed by atoms with Crippen LogP contribution in [0.25, 0.3) is 0 Å². The normalized spacial score (nSPS) is 16.1. The Balaban J connectivity index is 1.41. The lowest BCUT2D eigenvalue weighted by Crippen LogP contribution is -2.39. The maximum atomic E-state index is 13.0.